The van der Waals surface area contributed by atoms with Crippen LogP contribution in [0.15, 0.2) is 12.7 Å². The summed E-state index contributed by atoms with van der Waals surface area (Å²) in [5.74, 6) is -0.727. The quantitative estimate of drug-likeness (QED) is 0.465. The Labute approximate surface area is 148 Å². The zero-order valence-corrected chi connectivity index (χ0v) is 15.8. The summed E-state index contributed by atoms with van der Waals surface area (Å²) in [5, 5.41) is 2.70. The minimum Gasteiger partial charge on any atom is -0.464 e. The lowest BCUT2D eigenvalue weighted by atomic mass is 10.00. The lowest BCUT2D eigenvalue weighted by molar-refractivity contribution is 0.0588. The van der Waals surface area contributed by atoms with E-state index >= 15 is 0 Å². The molecule has 0 saturated heterocycles. The van der Waals surface area contributed by atoms with Gasteiger partial charge in [0.25, 0.3) is 0 Å². The molecular weight excluding hydrogens is 322 g/mol. The number of urea groups is 1. The maximum absolute atomic E-state index is 13.1. The molecule has 138 valence electrons. The first-order valence-corrected chi connectivity index (χ1v) is 8.16. The van der Waals surface area contributed by atoms with Gasteiger partial charge in [-0.15, -0.1) is 6.58 Å². The van der Waals surface area contributed by atoms with E-state index in [1.165, 1.54) is 12.0 Å². The number of aromatic nitrogens is 1. The number of carbonyl (C=O) groups excluding carboxylic acids is 3. The molecule has 0 bridgehead atoms. The molecule has 1 unspecified atom stereocenters. The van der Waals surface area contributed by atoms with Gasteiger partial charge < -0.3 is 19.5 Å². The van der Waals surface area contributed by atoms with Crippen LogP contribution in [0.4, 0.5) is 4.79 Å². The number of Topliss-reactive ketones (excluding diaryl/α,β-unsaturated/α-hetero) is 1. The van der Waals surface area contributed by atoms with E-state index in [1.54, 1.807) is 38.5 Å². The summed E-state index contributed by atoms with van der Waals surface area (Å²) in [5.41, 5.74) is 1.99. The van der Waals surface area contributed by atoms with E-state index in [0.29, 0.717) is 29.1 Å². The van der Waals surface area contributed by atoms with Gasteiger partial charge in [-0.2, -0.15) is 0 Å². The molecule has 7 nitrogen and oxygen atoms in total. The number of rotatable bonds is 7. The molecule has 0 aliphatic carbocycles. The Morgan fingerprint density at radius 1 is 1.36 bits per heavy atom. The van der Waals surface area contributed by atoms with Gasteiger partial charge >= 0.3 is 12.0 Å². The molecule has 0 aromatic carbocycles. The number of ether oxygens (including phenoxy) is 1. The number of methoxy groups -OCH3 is 1. The standard InChI is InChI=1S/C18H27N3O4/c1-8-10-21(18(24)19-9-2)13(5)16(22)14-11(3)15(17(23)25-7)20(6)12(14)4/h8,13H,1,9-10H2,2-7H3,(H,19,24). The molecule has 1 heterocycles. The molecule has 1 rings (SSSR count). The monoisotopic (exact) mass is 349 g/mol. The molecule has 1 aromatic heterocycles. The van der Waals surface area contributed by atoms with Gasteiger partial charge in [-0.05, 0) is 33.3 Å². The van der Waals surface area contributed by atoms with Crippen molar-refractivity contribution in [2.45, 2.75) is 33.7 Å². The first-order valence-electron chi connectivity index (χ1n) is 8.16. The van der Waals surface area contributed by atoms with Gasteiger partial charge in [0.2, 0.25) is 0 Å². The summed E-state index contributed by atoms with van der Waals surface area (Å²) in [6.07, 6.45) is 1.57. The van der Waals surface area contributed by atoms with Crippen LogP contribution in [0.1, 0.15) is 46.0 Å². The Kier molecular flexibility index (Phi) is 6.97. The van der Waals surface area contributed by atoms with E-state index in [2.05, 4.69) is 11.9 Å². The molecule has 25 heavy (non-hydrogen) atoms. The molecule has 0 fully saturated rings. The summed E-state index contributed by atoms with van der Waals surface area (Å²) < 4.78 is 6.45. The van der Waals surface area contributed by atoms with Gasteiger partial charge in [0.1, 0.15) is 5.69 Å². The van der Waals surface area contributed by atoms with Crippen molar-refractivity contribution < 1.29 is 19.1 Å². The van der Waals surface area contributed by atoms with E-state index in [9.17, 15) is 14.4 Å². The van der Waals surface area contributed by atoms with E-state index < -0.39 is 12.0 Å². The number of esters is 1. The largest absolute Gasteiger partial charge is 0.464 e. The summed E-state index contributed by atoms with van der Waals surface area (Å²) in [6.45, 7) is 11.3. The SMILES string of the molecule is C=CCN(C(=O)NCC)C(C)C(=O)c1c(C)c(C(=O)OC)n(C)c1C. The Balaban J connectivity index is 3.32. The van der Waals surface area contributed by atoms with Crippen LogP contribution in [-0.2, 0) is 11.8 Å². The van der Waals surface area contributed by atoms with Crippen molar-refractivity contribution in [1.82, 2.24) is 14.8 Å². The van der Waals surface area contributed by atoms with Gasteiger partial charge in [0.15, 0.2) is 5.78 Å². The maximum atomic E-state index is 13.1. The lowest BCUT2D eigenvalue weighted by Gasteiger charge is -2.27. The van der Waals surface area contributed by atoms with Crippen LogP contribution in [0.2, 0.25) is 0 Å². The van der Waals surface area contributed by atoms with E-state index in [4.69, 9.17) is 4.74 Å². The average Bonchev–Trinajstić information content (AvgIpc) is 2.80. The first-order chi connectivity index (χ1) is 11.7. The summed E-state index contributed by atoms with van der Waals surface area (Å²) >= 11 is 0. The number of nitrogens with one attached hydrogen (secondary N) is 1. The highest BCUT2D eigenvalue weighted by atomic mass is 16.5. The molecule has 0 radical (unpaired) electrons. The van der Waals surface area contributed by atoms with Crippen LogP contribution in [0, 0.1) is 13.8 Å². The highest BCUT2D eigenvalue weighted by Crippen LogP contribution is 2.24. The predicted octanol–water partition coefficient (Wildman–Crippen LogP) is 2.22. The second-order valence-corrected chi connectivity index (χ2v) is 5.80. The highest BCUT2D eigenvalue weighted by Gasteiger charge is 2.31. The third-order valence-electron chi connectivity index (χ3n) is 4.32. The van der Waals surface area contributed by atoms with Gasteiger partial charge in [0, 0.05) is 31.4 Å². The minimum atomic E-state index is -0.699. The molecule has 0 aliphatic rings. The molecule has 2 amide bonds. The molecule has 7 heteroatoms. The smallest absolute Gasteiger partial charge is 0.354 e. The first kappa shape index (κ1) is 20.5. The number of amides is 2. The third kappa shape index (κ3) is 3.92. The molecule has 1 N–H and O–H groups in total. The van der Waals surface area contributed by atoms with Crippen LogP contribution in [0.5, 0.6) is 0 Å². The van der Waals surface area contributed by atoms with Crippen LogP contribution in [0.25, 0.3) is 0 Å². The number of hydrogen-bond donors (Lipinski definition) is 1. The van der Waals surface area contributed by atoms with Crippen LogP contribution < -0.4 is 5.32 Å². The zero-order valence-electron chi connectivity index (χ0n) is 15.8. The Morgan fingerprint density at radius 3 is 2.44 bits per heavy atom. The topological polar surface area (TPSA) is 80.6 Å². The Hall–Kier alpha value is -2.57. The van der Waals surface area contributed by atoms with Gasteiger partial charge in [-0.25, -0.2) is 9.59 Å². The fraction of sp³-hybridized carbons (Fsp3) is 0.500. The molecule has 0 aliphatic heterocycles. The predicted molar refractivity (Wildman–Crippen MR) is 96.0 cm³/mol. The van der Waals surface area contributed by atoms with Crippen molar-refractivity contribution >= 4 is 17.8 Å². The lowest BCUT2D eigenvalue weighted by Crippen LogP contribution is -2.48. The molecule has 0 spiro atoms. The fourth-order valence-corrected chi connectivity index (χ4v) is 2.89. The van der Waals surface area contributed by atoms with Crippen molar-refractivity contribution in [1.29, 1.82) is 0 Å². The van der Waals surface area contributed by atoms with Crippen molar-refractivity contribution in [2.75, 3.05) is 20.2 Å². The number of nitrogens with zero attached hydrogens (tertiary/aromatic N) is 2. The Morgan fingerprint density at radius 2 is 1.96 bits per heavy atom. The van der Waals surface area contributed by atoms with Crippen molar-refractivity contribution in [2.24, 2.45) is 7.05 Å². The summed E-state index contributed by atoms with van der Waals surface area (Å²) in [6, 6.07) is -1.03. The van der Waals surface area contributed by atoms with Crippen molar-refractivity contribution in [3.05, 3.63) is 35.2 Å². The average molecular weight is 349 g/mol. The third-order valence-corrected chi connectivity index (χ3v) is 4.32. The second kappa shape index (κ2) is 8.50. The zero-order chi connectivity index (χ0) is 19.3. The Bertz CT molecular complexity index is 691. The van der Waals surface area contributed by atoms with Gasteiger partial charge in [-0.1, -0.05) is 6.08 Å². The second-order valence-electron chi connectivity index (χ2n) is 5.80. The van der Waals surface area contributed by atoms with E-state index in [-0.39, 0.29) is 18.4 Å². The number of carbonyl (C=O) groups is 3. The van der Waals surface area contributed by atoms with E-state index in [1.807, 2.05) is 6.92 Å². The van der Waals surface area contributed by atoms with Crippen molar-refractivity contribution in [3.8, 4) is 0 Å². The highest BCUT2D eigenvalue weighted by molar-refractivity contribution is 6.06. The number of ketones is 1. The molecule has 0 saturated carbocycles. The van der Waals surface area contributed by atoms with Crippen LogP contribution >= 0.6 is 0 Å². The summed E-state index contributed by atoms with van der Waals surface area (Å²) in [7, 11) is 3.01. The molecule has 1 aromatic rings. The van der Waals surface area contributed by atoms with Crippen LogP contribution in [-0.4, -0.2) is 53.5 Å². The van der Waals surface area contributed by atoms with Crippen molar-refractivity contribution in [3.63, 3.8) is 0 Å². The van der Waals surface area contributed by atoms with Gasteiger partial charge in [0.05, 0.1) is 13.2 Å². The summed E-state index contributed by atoms with van der Waals surface area (Å²) in [4.78, 5) is 38.7. The minimum absolute atomic E-state index is 0.228. The normalized spacial score (nSPS) is 11.6. The van der Waals surface area contributed by atoms with Gasteiger partial charge in [-0.3, -0.25) is 4.79 Å². The van der Waals surface area contributed by atoms with Crippen LogP contribution in [0.3, 0.4) is 0 Å². The van der Waals surface area contributed by atoms with E-state index in [0.717, 1.165) is 0 Å². The maximum Gasteiger partial charge on any atom is 0.354 e. The molecular formula is C18H27N3O4. The number of hydrogen-bond acceptors (Lipinski definition) is 4. The molecule has 1 atom stereocenters. The fourth-order valence-electron chi connectivity index (χ4n) is 2.89.